The first-order valence-corrected chi connectivity index (χ1v) is 10.3. The number of ketones is 1. The van der Waals surface area contributed by atoms with E-state index in [2.05, 4.69) is 5.32 Å². The maximum atomic E-state index is 13.0. The van der Waals surface area contributed by atoms with Crippen LogP contribution < -0.4 is 10.1 Å². The average molecular weight is 427 g/mol. The van der Waals surface area contributed by atoms with Gasteiger partial charge in [-0.2, -0.15) is 0 Å². The molecule has 0 heterocycles. The molecule has 4 nitrogen and oxygen atoms in total. The smallest absolute Gasteiger partial charge is 0.258 e. The molecule has 1 unspecified atom stereocenters. The van der Waals surface area contributed by atoms with Gasteiger partial charge in [-0.3, -0.25) is 9.59 Å². The predicted molar refractivity (Wildman–Crippen MR) is 122 cm³/mol. The zero-order chi connectivity index (χ0) is 22.5. The SMILES string of the molecule is CC(NC(=O)COc1ccc(C(=O)c2ccc(F)cc2)cc1)c1cccc2ccccc12. The Bertz CT molecular complexity index is 1240. The Balaban J connectivity index is 1.34. The van der Waals surface area contributed by atoms with Gasteiger partial charge in [0.1, 0.15) is 11.6 Å². The lowest BCUT2D eigenvalue weighted by Gasteiger charge is -2.17. The summed E-state index contributed by atoms with van der Waals surface area (Å²) in [4.78, 5) is 24.9. The van der Waals surface area contributed by atoms with Crippen LogP contribution in [0.25, 0.3) is 10.8 Å². The van der Waals surface area contributed by atoms with Crippen LogP contribution in [0, 0.1) is 5.82 Å². The third-order valence-electron chi connectivity index (χ3n) is 5.26. The van der Waals surface area contributed by atoms with Gasteiger partial charge in [0.15, 0.2) is 12.4 Å². The Labute approximate surface area is 185 Å². The van der Waals surface area contributed by atoms with Gasteiger partial charge >= 0.3 is 0 Å². The summed E-state index contributed by atoms with van der Waals surface area (Å²) >= 11 is 0. The Morgan fingerprint density at radius 2 is 1.47 bits per heavy atom. The van der Waals surface area contributed by atoms with Crippen molar-refractivity contribution < 1.29 is 18.7 Å². The van der Waals surface area contributed by atoms with E-state index in [1.165, 1.54) is 24.3 Å². The molecular formula is C27H22FNO3. The molecule has 32 heavy (non-hydrogen) atoms. The Kier molecular flexibility index (Phi) is 6.26. The average Bonchev–Trinajstić information content (AvgIpc) is 2.82. The van der Waals surface area contributed by atoms with Crippen molar-refractivity contribution in [2.24, 2.45) is 0 Å². The minimum Gasteiger partial charge on any atom is -0.484 e. The summed E-state index contributed by atoms with van der Waals surface area (Å²) < 4.78 is 18.6. The lowest BCUT2D eigenvalue weighted by molar-refractivity contribution is -0.123. The number of carbonyl (C=O) groups excluding carboxylic acids is 2. The minimum atomic E-state index is -0.390. The molecule has 0 saturated heterocycles. The fraction of sp³-hybridized carbons (Fsp3) is 0.111. The molecule has 4 aromatic carbocycles. The molecule has 0 bridgehead atoms. The van der Waals surface area contributed by atoms with Gasteiger partial charge in [0, 0.05) is 11.1 Å². The topological polar surface area (TPSA) is 55.4 Å². The van der Waals surface area contributed by atoms with Crippen molar-refractivity contribution in [2.75, 3.05) is 6.61 Å². The zero-order valence-corrected chi connectivity index (χ0v) is 17.5. The number of halogens is 1. The first-order valence-electron chi connectivity index (χ1n) is 10.3. The highest BCUT2D eigenvalue weighted by Crippen LogP contribution is 2.24. The van der Waals surface area contributed by atoms with Gasteiger partial charge in [0.05, 0.1) is 6.04 Å². The molecule has 1 amide bonds. The van der Waals surface area contributed by atoms with Crippen molar-refractivity contribution >= 4 is 22.5 Å². The van der Waals surface area contributed by atoms with Crippen molar-refractivity contribution in [3.63, 3.8) is 0 Å². The molecule has 160 valence electrons. The van der Waals surface area contributed by atoms with Gasteiger partial charge in [-0.1, -0.05) is 42.5 Å². The number of ether oxygens (including phenoxy) is 1. The molecule has 0 aromatic heterocycles. The van der Waals surface area contributed by atoms with E-state index in [1.807, 2.05) is 49.4 Å². The van der Waals surface area contributed by atoms with Crippen LogP contribution in [-0.4, -0.2) is 18.3 Å². The maximum Gasteiger partial charge on any atom is 0.258 e. The van der Waals surface area contributed by atoms with Crippen LogP contribution in [0.3, 0.4) is 0 Å². The fourth-order valence-corrected chi connectivity index (χ4v) is 3.61. The van der Waals surface area contributed by atoms with Crippen LogP contribution in [0.4, 0.5) is 4.39 Å². The largest absolute Gasteiger partial charge is 0.484 e. The van der Waals surface area contributed by atoms with Crippen LogP contribution >= 0.6 is 0 Å². The highest BCUT2D eigenvalue weighted by atomic mass is 19.1. The van der Waals surface area contributed by atoms with E-state index in [0.717, 1.165) is 16.3 Å². The Morgan fingerprint density at radius 3 is 2.19 bits per heavy atom. The predicted octanol–water partition coefficient (Wildman–Crippen LogP) is 5.47. The number of nitrogens with one attached hydrogen (secondary N) is 1. The van der Waals surface area contributed by atoms with Crippen LogP contribution in [0.1, 0.15) is 34.5 Å². The van der Waals surface area contributed by atoms with Crippen LogP contribution in [0.2, 0.25) is 0 Å². The zero-order valence-electron chi connectivity index (χ0n) is 17.5. The van der Waals surface area contributed by atoms with E-state index in [4.69, 9.17) is 4.74 Å². The van der Waals surface area contributed by atoms with Crippen LogP contribution in [-0.2, 0) is 4.79 Å². The summed E-state index contributed by atoms with van der Waals surface area (Å²) in [6.07, 6.45) is 0. The first-order chi connectivity index (χ1) is 15.5. The molecule has 0 aliphatic heterocycles. The highest BCUT2D eigenvalue weighted by Gasteiger charge is 2.13. The molecular weight excluding hydrogens is 405 g/mol. The van der Waals surface area contributed by atoms with E-state index in [0.29, 0.717) is 16.9 Å². The van der Waals surface area contributed by atoms with Gasteiger partial charge < -0.3 is 10.1 Å². The van der Waals surface area contributed by atoms with Crippen molar-refractivity contribution in [1.29, 1.82) is 0 Å². The second-order valence-corrected chi connectivity index (χ2v) is 7.51. The maximum absolute atomic E-state index is 13.0. The summed E-state index contributed by atoms with van der Waals surface area (Å²) in [7, 11) is 0. The molecule has 0 fully saturated rings. The molecule has 1 atom stereocenters. The van der Waals surface area contributed by atoms with Crippen LogP contribution in [0.15, 0.2) is 91.0 Å². The van der Waals surface area contributed by atoms with Crippen molar-refractivity contribution in [1.82, 2.24) is 5.32 Å². The van der Waals surface area contributed by atoms with E-state index < -0.39 is 5.82 Å². The third-order valence-corrected chi connectivity index (χ3v) is 5.26. The summed E-state index contributed by atoms with van der Waals surface area (Å²) in [5.74, 6) is -0.359. The number of carbonyl (C=O) groups is 2. The highest BCUT2D eigenvalue weighted by molar-refractivity contribution is 6.09. The van der Waals surface area contributed by atoms with Gasteiger partial charge in [-0.05, 0) is 71.8 Å². The molecule has 0 radical (unpaired) electrons. The number of rotatable bonds is 7. The molecule has 0 saturated carbocycles. The fourth-order valence-electron chi connectivity index (χ4n) is 3.61. The molecule has 0 spiro atoms. The van der Waals surface area contributed by atoms with Crippen LogP contribution in [0.5, 0.6) is 5.75 Å². The van der Waals surface area contributed by atoms with Crippen molar-refractivity contribution in [2.45, 2.75) is 13.0 Å². The minimum absolute atomic E-state index is 0.139. The first kappa shape index (κ1) is 21.2. The Morgan fingerprint density at radius 1 is 0.844 bits per heavy atom. The molecule has 4 rings (SSSR count). The van der Waals surface area contributed by atoms with Crippen molar-refractivity contribution in [3.8, 4) is 5.75 Å². The molecule has 0 aliphatic carbocycles. The second-order valence-electron chi connectivity index (χ2n) is 7.51. The molecule has 0 aliphatic rings. The molecule has 1 N–H and O–H groups in total. The van der Waals surface area contributed by atoms with E-state index >= 15 is 0 Å². The Hall–Kier alpha value is -3.99. The second kappa shape index (κ2) is 9.43. The van der Waals surface area contributed by atoms with E-state index in [-0.39, 0.29) is 24.3 Å². The standard InChI is InChI=1S/C27H22FNO3/c1-18(24-8-4-6-19-5-2-3-7-25(19)24)29-26(30)17-32-23-15-11-21(12-16-23)27(31)20-9-13-22(28)14-10-20/h2-16,18H,17H2,1H3,(H,29,30). The molecule has 5 heteroatoms. The van der Waals surface area contributed by atoms with Gasteiger partial charge in [0.25, 0.3) is 5.91 Å². The monoisotopic (exact) mass is 427 g/mol. The number of fused-ring (bicyclic) bond motifs is 1. The summed E-state index contributed by atoms with van der Waals surface area (Å²) in [5, 5.41) is 5.19. The van der Waals surface area contributed by atoms with Crippen molar-refractivity contribution in [3.05, 3.63) is 114 Å². The van der Waals surface area contributed by atoms with Gasteiger partial charge in [-0.15, -0.1) is 0 Å². The summed E-state index contributed by atoms with van der Waals surface area (Å²) in [5.41, 5.74) is 1.90. The van der Waals surface area contributed by atoms with E-state index in [9.17, 15) is 14.0 Å². The lowest BCUT2D eigenvalue weighted by Crippen LogP contribution is -2.31. The summed E-state index contributed by atoms with van der Waals surface area (Å²) in [6, 6.07) is 25.8. The van der Waals surface area contributed by atoms with Gasteiger partial charge in [0.2, 0.25) is 0 Å². The quantitative estimate of drug-likeness (QED) is 0.398. The number of benzene rings is 4. The number of hydrogen-bond donors (Lipinski definition) is 1. The third kappa shape index (κ3) is 4.83. The van der Waals surface area contributed by atoms with Gasteiger partial charge in [-0.25, -0.2) is 4.39 Å². The van der Waals surface area contributed by atoms with E-state index in [1.54, 1.807) is 24.3 Å². The summed E-state index contributed by atoms with van der Waals surface area (Å²) in [6.45, 7) is 1.80. The normalized spacial score (nSPS) is 11.7. The number of hydrogen-bond acceptors (Lipinski definition) is 3. The number of amides is 1. The lowest BCUT2D eigenvalue weighted by atomic mass is 10.00. The molecule has 4 aromatic rings.